The lowest BCUT2D eigenvalue weighted by Crippen LogP contribution is -2.17. The van der Waals surface area contributed by atoms with Gasteiger partial charge in [-0.1, -0.05) is 11.6 Å². The highest BCUT2D eigenvalue weighted by Crippen LogP contribution is 2.29. The van der Waals surface area contributed by atoms with Gasteiger partial charge in [0.15, 0.2) is 5.65 Å². The first kappa shape index (κ1) is 17.2. The van der Waals surface area contributed by atoms with E-state index in [1.807, 2.05) is 46.0 Å². The molecule has 25 heavy (non-hydrogen) atoms. The van der Waals surface area contributed by atoms with Crippen molar-refractivity contribution in [2.45, 2.75) is 13.8 Å². The van der Waals surface area contributed by atoms with E-state index in [2.05, 4.69) is 15.4 Å². The molecule has 0 fully saturated rings. The lowest BCUT2D eigenvalue weighted by Gasteiger charge is -2.18. The monoisotopic (exact) mass is 357 g/mol. The van der Waals surface area contributed by atoms with Crippen LogP contribution in [0.3, 0.4) is 0 Å². The number of aromatic nitrogens is 3. The number of carbonyl (C=O) groups excluding carboxylic acids is 1. The van der Waals surface area contributed by atoms with Crippen LogP contribution in [0.1, 0.15) is 21.7 Å². The van der Waals surface area contributed by atoms with Crippen molar-refractivity contribution in [2.24, 2.45) is 7.05 Å². The van der Waals surface area contributed by atoms with Crippen LogP contribution in [0, 0.1) is 13.8 Å². The number of rotatable bonds is 3. The van der Waals surface area contributed by atoms with Crippen LogP contribution >= 0.6 is 11.6 Å². The van der Waals surface area contributed by atoms with Crippen LogP contribution in [0.4, 0.5) is 11.4 Å². The summed E-state index contributed by atoms with van der Waals surface area (Å²) < 4.78 is 1.69. The molecule has 2 heterocycles. The Hall–Kier alpha value is -2.60. The van der Waals surface area contributed by atoms with Crippen LogP contribution in [0.5, 0.6) is 0 Å². The number of halogens is 1. The van der Waals surface area contributed by atoms with Crippen molar-refractivity contribution in [1.82, 2.24) is 14.8 Å². The summed E-state index contributed by atoms with van der Waals surface area (Å²) in [4.78, 5) is 19.4. The summed E-state index contributed by atoms with van der Waals surface area (Å²) in [5.74, 6) is -0.211. The number of nitrogens with zero attached hydrogens (tertiary/aromatic N) is 4. The van der Waals surface area contributed by atoms with Crippen molar-refractivity contribution in [2.75, 3.05) is 24.3 Å². The number of benzene rings is 1. The highest BCUT2D eigenvalue weighted by molar-refractivity contribution is 6.31. The quantitative estimate of drug-likeness (QED) is 0.778. The van der Waals surface area contributed by atoms with Crippen molar-refractivity contribution in [3.05, 3.63) is 46.2 Å². The first-order chi connectivity index (χ1) is 11.8. The van der Waals surface area contributed by atoms with Gasteiger partial charge in [0.25, 0.3) is 5.91 Å². The highest BCUT2D eigenvalue weighted by atomic mass is 35.5. The van der Waals surface area contributed by atoms with Crippen molar-refractivity contribution in [3.63, 3.8) is 0 Å². The molecule has 0 radical (unpaired) electrons. The van der Waals surface area contributed by atoms with Gasteiger partial charge in [-0.05, 0) is 38.1 Å². The van der Waals surface area contributed by atoms with Crippen molar-refractivity contribution >= 4 is 39.9 Å². The van der Waals surface area contributed by atoms with Gasteiger partial charge in [0.05, 0.1) is 28.0 Å². The van der Waals surface area contributed by atoms with E-state index in [1.54, 1.807) is 22.9 Å². The average Bonchev–Trinajstić information content (AvgIpc) is 2.80. The standard InChI is InChI=1S/C18H20ClN5O/c1-10-8-13(16-11(2)22-24(5)17(16)20-10)18(25)21-14-9-12(19)6-7-15(14)23(3)4/h6-9H,1-5H3,(H,21,25). The number of nitrogens with one attached hydrogen (secondary N) is 1. The van der Waals surface area contributed by atoms with Gasteiger partial charge in [0.2, 0.25) is 0 Å². The third-order valence-corrected chi connectivity index (χ3v) is 4.27. The van der Waals surface area contributed by atoms with E-state index in [1.165, 1.54) is 0 Å². The molecule has 0 aliphatic heterocycles. The molecule has 0 spiro atoms. The lowest BCUT2D eigenvalue weighted by atomic mass is 10.1. The number of anilines is 2. The molecule has 6 nitrogen and oxygen atoms in total. The SMILES string of the molecule is Cc1cc(C(=O)Nc2cc(Cl)ccc2N(C)C)c2c(C)nn(C)c2n1. The zero-order valence-corrected chi connectivity index (χ0v) is 15.6. The van der Waals surface area contributed by atoms with Crippen LogP contribution in [-0.2, 0) is 7.05 Å². The highest BCUT2D eigenvalue weighted by Gasteiger charge is 2.19. The lowest BCUT2D eigenvalue weighted by molar-refractivity contribution is 0.102. The maximum Gasteiger partial charge on any atom is 0.256 e. The average molecular weight is 358 g/mol. The topological polar surface area (TPSA) is 63.1 Å². The first-order valence-electron chi connectivity index (χ1n) is 7.87. The summed E-state index contributed by atoms with van der Waals surface area (Å²) in [6, 6.07) is 7.20. The molecule has 0 saturated heterocycles. The zero-order chi connectivity index (χ0) is 18.3. The van der Waals surface area contributed by atoms with E-state index in [9.17, 15) is 4.79 Å². The summed E-state index contributed by atoms with van der Waals surface area (Å²) in [6.45, 7) is 3.74. The number of hydrogen-bond donors (Lipinski definition) is 1. The fourth-order valence-corrected chi connectivity index (χ4v) is 3.11. The van der Waals surface area contributed by atoms with Gasteiger partial charge in [-0.2, -0.15) is 5.10 Å². The molecule has 0 bridgehead atoms. The predicted octanol–water partition coefficient (Wildman–Crippen LogP) is 3.56. The Bertz CT molecular complexity index is 977. The van der Waals surface area contributed by atoms with E-state index in [0.29, 0.717) is 21.9 Å². The molecule has 3 aromatic rings. The summed E-state index contributed by atoms with van der Waals surface area (Å²) in [5.41, 5.74) is 4.32. The first-order valence-corrected chi connectivity index (χ1v) is 8.25. The molecular weight excluding hydrogens is 338 g/mol. The zero-order valence-electron chi connectivity index (χ0n) is 14.9. The van der Waals surface area contributed by atoms with E-state index < -0.39 is 0 Å². The molecular formula is C18H20ClN5O. The molecule has 0 aliphatic carbocycles. The molecule has 130 valence electrons. The third-order valence-electron chi connectivity index (χ3n) is 4.03. The van der Waals surface area contributed by atoms with Gasteiger partial charge in [-0.15, -0.1) is 0 Å². The summed E-state index contributed by atoms with van der Waals surface area (Å²) >= 11 is 6.11. The number of pyridine rings is 1. The van der Waals surface area contributed by atoms with Gasteiger partial charge >= 0.3 is 0 Å². The Labute approximate surface area is 151 Å². The predicted molar refractivity (Wildman–Crippen MR) is 102 cm³/mol. The number of carbonyl (C=O) groups is 1. The molecule has 0 atom stereocenters. The van der Waals surface area contributed by atoms with Gasteiger partial charge in [-0.25, -0.2) is 4.98 Å². The largest absolute Gasteiger partial charge is 0.376 e. The van der Waals surface area contributed by atoms with E-state index in [0.717, 1.165) is 22.5 Å². The second kappa shape index (κ2) is 6.37. The summed E-state index contributed by atoms with van der Waals surface area (Å²) in [6.07, 6.45) is 0. The Morgan fingerprint density at radius 1 is 1.24 bits per heavy atom. The molecule has 3 rings (SSSR count). The molecule has 1 N–H and O–H groups in total. The Kier molecular flexibility index (Phi) is 4.39. The normalized spacial score (nSPS) is 11.0. The molecule has 1 aromatic carbocycles. The van der Waals surface area contributed by atoms with E-state index in [4.69, 9.17) is 11.6 Å². The smallest absolute Gasteiger partial charge is 0.256 e. The van der Waals surface area contributed by atoms with Crippen LogP contribution in [0.2, 0.25) is 5.02 Å². The maximum atomic E-state index is 13.0. The van der Waals surface area contributed by atoms with Gasteiger partial charge in [0, 0.05) is 31.9 Å². The molecule has 1 amide bonds. The maximum absolute atomic E-state index is 13.0. The Morgan fingerprint density at radius 3 is 2.64 bits per heavy atom. The number of amides is 1. The molecule has 7 heteroatoms. The molecule has 2 aromatic heterocycles. The number of aryl methyl sites for hydroxylation is 3. The Morgan fingerprint density at radius 2 is 1.96 bits per heavy atom. The second-order valence-corrected chi connectivity index (χ2v) is 6.67. The number of fused-ring (bicyclic) bond motifs is 1. The molecule has 0 aliphatic rings. The summed E-state index contributed by atoms with van der Waals surface area (Å²) in [5, 5.41) is 8.69. The Balaban J connectivity index is 2.09. The van der Waals surface area contributed by atoms with Crippen LogP contribution < -0.4 is 10.2 Å². The fraction of sp³-hybridized carbons (Fsp3) is 0.278. The third kappa shape index (κ3) is 3.17. The van der Waals surface area contributed by atoms with Crippen LogP contribution in [0.25, 0.3) is 11.0 Å². The van der Waals surface area contributed by atoms with Crippen molar-refractivity contribution in [3.8, 4) is 0 Å². The summed E-state index contributed by atoms with van der Waals surface area (Å²) in [7, 11) is 5.66. The van der Waals surface area contributed by atoms with Gasteiger partial charge < -0.3 is 10.2 Å². The van der Waals surface area contributed by atoms with Crippen molar-refractivity contribution < 1.29 is 4.79 Å². The van der Waals surface area contributed by atoms with Gasteiger partial charge in [-0.3, -0.25) is 9.48 Å². The van der Waals surface area contributed by atoms with Crippen LogP contribution in [-0.4, -0.2) is 34.8 Å². The van der Waals surface area contributed by atoms with E-state index >= 15 is 0 Å². The van der Waals surface area contributed by atoms with E-state index in [-0.39, 0.29) is 5.91 Å². The molecule has 0 unspecified atom stereocenters. The van der Waals surface area contributed by atoms with Crippen LogP contribution in [0.15, 0.2) is 24.3 Å². The molecule has 0 saturated carbocycles. The minimum atomic E-state index is -0.211. The second-order valence-electron chi connectivity index (χ2n) is 6.23. The van der Waals surface area contributed by atoms with Gasteiger partial charge in [0.1, 0.15) is 0 Å². The number of hydrogen-bond acceptors (Lipinski definition) is 4. The van der Waals surface area contributed by atoms with Crippen molar-refractivity contribution in [1.29, 1.82) is 0 Å². The fourth-order valence-electron chi connectivity index (χ4n) is 2.94. The minimum absolute atomic E-state index is 0.211. The minimum Gasteiger partial charge on any atom is -0.376 e.